The average molecular weight is 464 g/mol. The van der Waals surface area contributed by atoms with E-state index in [2.05, 4.69) is 0 Å². The van der Waals surface area contributed by atoms with Crippen molar-refractivity contribution in [3.05, 3.63) is 77.4 Å². The summed E-state index contributed by atoms with van der Waals surface area (Å²) in [5.74, 6) is 0.541. The summed E-state index contributed by atoms with van der Waals surface area (Å²) >= 11 is 0. The second-order valence-corrected chi connectivity index (χ2v) is 6.96. The highest BCUT2D eigenvalue weighted by atomic mass is 16.5. The lowest BCUT2D eigenvalue weighted by atomic mass is 10.1. The molecule has 1 N–H and O–H groups in total. The molecular weight excluding hydrogens is 440 g/mol. The summed E-state index contributed by atoms with van der Waals surface area (Å²) in [4.78, 5) is 25.2. The molecule has 0 aliphatic rings. The van der Waals surface area contributed by atoms with Crippen molar-refractivity contribution in [2.45, 2.75) is 0 Å². The van der Waals surface area contributed by atoms with Crippen LogP contribution in [0.3, 0.4) is 0 Å². The van der Waals surface area contributed by atoms with E-state index in [1.807, 2.05) is 0 Å². The van der Waals surface area contributed by atoms with Crippen LogP contribution in [0.4, 0.5) is 0 Å². The van der Waals surface area contributed by atoms with Gasteiger partial charge in [-0.2, -0.15) is 0 Å². The highest BCUT2D eigenvalue weighted by Crippen LogP contribution is 2.38. The first-order valence-corrected chi connectivity index (χ1v) is 10.1. The molecule has 8 nitrogen and oxygen atoms in total. The lowest BCUT2D eigenvalue weighted by molar-refractivity contribution is 0.0733. The molecule has 0 aliphatic carbocycles. The van der Waals surface area contributed by atoms with Crippen molar-refractivity contribution < 1.29 is 38.4 Å². The summed E-state index contributed by atoms with van der Waals surface area (Å²) in [6, 6.07) is 14.1. The highest BCUT2D eigenvalue weighted by molar-refractivity contribution is 6.08. The van der Waals surface area contributed by atoms with Crippen LogP contribution in [-0.4, -0.2) is 45.3 Å². The number of rotatable bonds is 9. The minimum atomic E-state index is -0.625. The van der Waals surface area contributed by atoms with Crippen molar-refractivity contribution in [2.24, 2.45) is 0 Å². The van der Waals surface area contributed by atoms with Gasteiger partial charge in [-0.1, -0.05) is 18.2 Å². The van der Waals surface area contributed by atoms with Gasteiger partial charge in [0, 0.05) is 6.07 Å². The van der Waals surface area contributed by atoms with Crippen LogP contribution in [0.5, 0.6) is 34.5 Å². The molecule has 0 saturated carbocycles. The molecule has 0 bridgehead atoms. The molecule has 0 amide bonds. The number of phenols is 1. The molecule has 0 radical (unpaired) electrons. The van der Waals surface area contributed by atoms with Gasteiger partial charge in [-0.3, -0.25) is 4.79 Å². The first kappa shape index (κ1) is 24.2. The molecule has 34 heavy (non-hydrogen) atoms. The molecule has 3 rings (SSSR count). The maximum absolute atomic E-state index is 12.7. The molecule has 0 unspecified atom stereocenters. The Kier molecular flexibility index (Phi) is 7.76. The molecule has 0 fully saturated rings. The maximum Gasteiger partial charge on any atom is 0.343 e. The standard InChI is InChI=1S/C26H24O8/c1-30-18-9-10-20(22(28)15-18)21(27)11-8-16-6-5-7-19(12-16)34-26(29)17-13-23(31-2)25(33-4)24(14-17)32-3/h5-15,28H,1-4H3/b11-8+. The minimum Gasteiger partial charge on any atom is -0.507 e. The first-order chi connectivity index (χ1) is 16.4. The van der Waals surface area contributed by atoms with Crippen molar-refractivity contribution in [1.29, 1.82) is 0 Å². The van der Waals surface area contributed by atoms with Crippen LogP contribution in [0.25, 0.3) is 6.08 Å². The third-order valence-corrected chi connectivity index (χ3v) is 4.87. The third-order valence-electron chi connectivity index (χ3n) is 4.87. The SMILES string of the molecule is COc1ccc(C(=O)/C=C/c2cccc(OC(=O)c3cc(OC)c(OC)c(OC)c3)c2)c(O)c1. The number of hydrogen-bond donors (Lipinski definition) is 1. The van der Waals surface area contributed by atoms with Crippen LogP contribution in [0.15, 0.2) is 60.7 Å². The monoisotopic (exact) mass is 464 g/mol. The molecule has 0 saturated heterocycles. The lowest BCUT2D eigenvalue weighted by Crippen LogP contribution is -2.09. The normalized spacial score (nSPS) is 10.6. The second-order valence-electron chi connectivity index (χ2n) is 6.96. The summed E-state index contributed by atoms with van der Waals surface area (Å²) < 4.78 is 26.3. The third kappa shape index (κ3) is 5.47. The van der Waals surface area contributed by atoms with Gasteiger partial charge in [-0.25, -0.2) is 4.79 Å². The largest absolute Gasteiger partial charge is 0.507 e. The van der Waals surface area contributed by atoms with Crippen LogP contribution in [0.2, 0.25) is 0 Å². The summed E-state index contributed by atoms with van der Waals surface area (Å²) in [6.07, 6.45) is 2.88. The van der Waals surface area contributed by atoms with Gasteiger partial charge < -0.3 is 28.8 Å². The van der Waals surface area contributed by atoms with Gasteiger partial charge in [-0.05, 0) is 48.0 Å². The fraction of sp³-hybridized carbons (Fsp3) is 0.154. The molecule has 0 heterocycles. The molecule has 0 spiro atoms. The number of allylic oxidation sites excluding steroid dienone is 1. The number of phenolic OH excluding ortho intramolecular Hbond substituents is 1. The van der Waals surface area contributed by atoms with E-state index in [-0.39, 0.29) is 28.4 Å². The zero-order valence-corrected chi connectivity index (χ0v) is 19.2. The van der Waals surface area contributed by atoms with Crippen LogP contribution in [0.1, 0.15) is 26.3 Å². The van der Waals surface area contributed by atoms with Gasteiger partial charge in [0.05, 0.1) is 39.6 Å². The van der Waals surface area contributed by atoms with Crippen LogP contribution in [-0.2, 0) is 0 Å². The van der Waals surface area contributed by atoms with E-state index in [0.29, 0.717) is 28.6 Å². The van der Waals surface area contributed by atoms with Gasteiger partial charge in [0.15, 0.2) is 17.3 Å². The number of ether oxygens (including phenoxy) is 5. The molecule has 0 atom stereocenters. The Hall–Kier alpha value is -4.46. The van der Waals surface area contributed by atoms with E-state index >= 15 is 0 Å². The molecule has 3 aromatic rings. The molecular formula is C26H24O8. The van der Waals surface area contributed by atoms with Crippen LogP contribution in [0, 0.1) is 0 Å². The number of esters is 1. The number of ketones is 1. The maximum atomic E-state index is 12.7. The molecule has 8 heteroatoms. The number of hydrogen-bond acceptors (Lipinski definition) is 8. The Labute approximate surface area is 196 Å². The number of carbonyl (C=O) groups is 2. The summed E-state index contributed by atoms with van der Waals surface area (Å²) in [5, 5.41) is 10.0. The van der Waals surface area contributed by atoms with Crippen LogP contribution < -0.4 is 23.7 Å². The quantitative estimate of drug-likeness (QED) is 0.213. The fourth-order valence-corrected chi connectivity index (χ4v) is 3.16. The summed E-state index contributed by atoms with van der Waals surface area (Å²) in [5.41, 5.74) is 0.971. The van der Waals surface area contributed by atoms with Crippen LogP contribution >= 0.6 is 0 Å². The Balaban J connectivity index is 1.77. The Morgan fingerprint density at radius 2 is 1.50 bits per heavy atom. The van der Waals surface area contributed by atoms with Gasteiger partial charge in [0.2, 0.25) is 5.75 Å². The summed E-state index contributed by atoms with van der Waals surface area (Å²) in [6.45, 7) is 0. The molecule has 176 valence electrons. The number of methoxy groups -OCH3 is 4. The predicted molar refractivity (Wildman–Crippen MR) is 126 cm³/mol. The van der Waals surface area contributed by atoms with Crippen molar-refractivity contribution in [2.75, 3.05) is 28.4 Å². The first-order valence-electron chi connectivity index (χ1n) is 10.1. The highest BCUT2D eigenvalue weighted by Gasteiger charge is 2.18. The zero-order chi connectivity index (χ0) is 24.7. The Morgan fingerprint density at radius 1 is 0.794 bits per heavy atom. The Bertz CT molecular complexity index is 1200. The van der Waals surface area contributed by atoms with Gasteiger partial charge in [0.25, 0.3) is 0 Å². The van der Waals surface area contributed by atoms with Crippen molar-refractivity contribution >= 4 is 17.8 Å². The average Bonchev–Trinajstić information content (AvgIpc) is 2.86. The van der Waals surface area contributed by atoms with E-state index < -0.39 is 5.97 Å². The molecule has 0 aromatic heterocycles. The molecule has 3 aromatic carbocycles. The van der Waals surface area contributed by atoms with Gasteiger partial charge in [-0.15, -0.1) is 0 Å². The number of benzene rings is 3. The molecule has 0 aliphatic heterocycles. The number of aromatic hydroxyl groups is 1. The van der Waals surface area contributed by atoms with Gasteiger partial charge in [0.1, 0.15) is 17.2 Å². The topological polar surface area (TPSA) is 101 Å². The van der Waals surface area contributed by atoms with Crippen molar-refractivity contribution in [1.82, 2.24) is 0 Å². The van der Waals surface area contributed by atoms with E-state index in [1.54, 1.807) is 36.4 Å². The fourth-order valence-electron chi connectivity index (χ4n) is 3.16. The van der Waals surface area contributed by atoms with E-state index in [4.69, 9.17) is 23.7 Å². The number of carbonyl (C=O) groups excluding carboxylic acids is 2. The Morgan fingerprint density at radius 3 is 2.09 bits per heavy atom. The van der Waals surface area contributed by atoms with E-state index in [1.165, 1.54) is 58.8 Å². The summed E-state index contributed by atoms with van der Waals surface area (Å²) in [7, 11) is 5.85. The zero-order valence-electron chi connectivity index (χ0n) is 19.2. The van der Waals surface area contributed by atoms with E-state index in [9.17, 15) is 14.7 Å². The van der Waals surface area contributed by atoms with Crippen molar-refractivity contribution in [3.8, 4) is 34.5 Å². The lowest BCUT2D eigenvalue weighted by Gasteiger charge is -2.13. The predicted octanol–water partition coefficient (Wildman–Crippen LogP) is 4.54. The van der Waals surface area contributed by atoms with Crippen molar-refractivity contribution in [3.63, 3.8) is 0 Å². The van der Waals surface area contributed by atoms with E-state index in [0.717, 1.165) is 0 Å². The van der Waals surface area contributed by atoms with Gasteiger partial charge >= 0.3 is 5.97 Å². The smallest absolute Gasteiger partial charge is 0.343 e. The minimum absolute atomic E-state index is 0.141. The second kappa shape index (κ2) is 10.9.